The van der Waals surface area contributed by atoms with Gasteiger partial charge in [0.25, 0.3) is 0 Å². The van der Waals surface area contributed by atoms with Crippen LogP contribution in [0.15, 0.2) is 24.3 Å². The second-order valence-electron chi connectivity index (χ2n) is 4.49. The number of nitrogens with one attached hydrogen (secondary N) is 1. The van der Waals surface area contributed by atoms with Gasteiger partial charge in [-0.3, -0.25) is 0 Å². The van der Waals surface area contributed by atoms with E-state index in [2.05, 4.69) is 5.32 Å². The molecule has 19 heavy (non-hydrogen) atoms. The Labute approximate surface area is 110 Å². The van der Waals surface area contributed by atoms with Gasteiger partial charge in [0.1, 0.15) is 5.82 Å². The summed E-state index contributed by atoms with van der Waals surface area (Å²) in [6, 6.07) is 5.93. The highest BCUT2D eigenvalue weighted by molar-refractivity contribution is 5.21. The summed E-state index contributed by atoms with van der Waals surface area (Å²) in [6.07, 6.45) is -5.03. The molecule has 0 spiro atoms. The first kappa shape index (κ1) is 15.9. The molecule has 1 atom stereocenters. The van der Waals surface area contributed by atoms with E-state index in [9.17, 15) is 17.6 Å². The summed E-state index contributed by atoms with van der Waals surface area (Å²) in [5.74, 6) is -0.355. The molecule has 0 aromatic heterocycles. The zero-order valence-electron chi connectivity index (χ0n) is 11.0. The highest BCUT2D eigenvalue weighted by Crippen LogP contribution is 2.21. The van der Waals surface area contributed by atoms with Crippen LogP contribution in [0.3, 0.4) is 0 Å². The van der Waals surface area contributed by atoms with Crippen LogP contribution in [0.1, 0.15) is 18.0 Å². The van der Waals surface area contributed by atoms with Crippen LogP contribution in [0.5, 0.6) is 0 Å². The molecule has 1 rings (SSSR count). The molecule has 0 fully saturated rings. The second-order valence-corrected chi connectivity index (χ2v) is 4.49. The lowest BCUT2D eigenvalue weighted by atomic mass is 10.1. The van der Waals surface area contributed by atoms with E-state index >= 15 is 0 Å². The van der Waals surface area contributed by atoms with Crippen LogP contribution >= 0.6 is 0 Å². The van der Waals surface area contributed by atoms with Gasteiger partial charge in [-0.05, 0) is 20.2 Å². The molecule has 2 nitrogen and oxygen atoms in total. The van der Waals surface area contributed by atoms with Gasteiger partial charge in [-0.2, -0.15) is 13.2 Å². The van der Waals surface area contributed by atoms with Gasteiger partial charge in [0.2, 0.25) is 0 Å². The van der Waals surface area contributed by atoms with Crippen molar-refractivity contribution in [2.24, 2.45) is 0 Å². The molecule has 1 unspecified atom stereocenters. The Morgan fingerprint density at radius 1 is 1.26 bits per heavy atom. The monoisotopic (exact) mass is 278 g/mol. The Hall–Kier alpha value is -1.14. The molecule has 0 amide bonds. The molecular weight excluding hydrogens is 260 g/mol. The van der Waals surface area contributed by atoms with Gasteiger partial charge in [-0.1, -0.05) is 18.2 Å². The number of halogens is 4. The van der Waals surface area contributed by atoms with Crippen molar-refractivity contribution in [3.63, 3.8) is 0 Å². The summed E-state index contributed by atoms with van der Waals surface area (Å²) in [6.45, 7) is 0.212. The Morgan fingerprint density at radius 2 is 1.89 bits per heavy atom. The summed E-state index contributed by atoms with van der Waals surface area (Å²) < 4.78 is 50.0. The van der Waals surface area contributed by atoms with E-state index in [1.165, 1.54) is 6.07 Å². The van der Waals surface area contributed by atoms with Crippen LogP contribution in [-0.4, -0.2) is 38.3 Å². The summed E-state index contributed by atoms with van der Waals surface area (Å²) in [5, 5.41) is 2.92. The molecule has 6 heteroatoms. The van der Waals surface area contributed by atoms with Gasteiger partial charge >= 0.3 is 6.18 Å². The lowest BCUT2D eigenvalue weighted by Crippen LogP contribution is -2.33. The molecule has 1 aromatic rings. The SMILES string of the molecule is CNC(CN(C)CCC(F)(F)F)c1ccccc1F. The predicted octanol–water partition coefficient (Wildman–Crippen LogP) is 2.97. The molecule has 0 aliphatic rings. The number of likely N-dealkylation sites (N-methyl/N-ethyl adjacent to an activating group) is 2. The molecular formula is C13H18F4N2. The van der Waals surface area contributed by atoms with Crippen molar-refractivity contribution in [1.82, 2.24) is 10.2 Å². The number of hydrogen-bond acceptors (Lipinski definition) is 2. The standard InChI is InChI=1S/C13H18F4N2/c1-18-12(10-5-3-4-6-11(10)14)9-19(2)8-7-13(15,16)17/h3-6,12,18H,7-9H2,1-2H3. The maximum Gasteiger partial charge on any atom is 0.390 e. The lowest BCUT2D eigenvalue weighted by Gasteiger charge is -2.24. The van der Waals surface area contributed by atoms with Crippen molar-refractivity contribution in [1.29, 1.82) is 0 Å². The van der Waals surface area contributed by atoms with E-state index < -0.39 is 12.6 Å². The average molecular weight is 278 g/mol. The van der Waals surface area contributed by atoms with Crippen molar-refractivity contribution >= 4 is 0 Å². The number of benzene rings is 1. The Kier molecular flexibility index (Phi) is 5.75. The van der Waals surface area contributed by atoms with Crippen LogP contribution in [0, 0.1) is 5.82 Å². The molecule has 0 heterocycles. The van der Waals surface area contributed by atoms with E-state index in [0.29, 0.717) is 12.1 Å². The molecule has 0 saturated heterocycles. The summed E-state index contributed by atoms with van der Waals surface area (Å²) >= 11 is 0. The molecule has 0 bridgehead atoms. The van der Waals surface area contributed by atoms with Crippen LogP contribution in [0.2, 0.25) is 0 Å². The van der Waals surface area contributed by atoms with Gasteiger partial charge in [-0.25, -0.2) is 4.39 Å². The van der Waals surface area contributed by atoms with Gasteiger partial charge < -0.3 is 10.2 Å². The maximum absolute atomic E-state index is 13.6. The molecule has 1 aromatic carbocycles. The summed E-state index contributed by atoms with van der Waals surface area (Å²) in [4.78, 5) is 1.54. The quantitative estimate of drug-likeness (QED) is 0.805. The van der Waals surface area contributed by atoms with Crippen LogP contribution in [0.4, 0.5) is 17.6 Å². The first-order valence-corrected chi connectivity index (χ1v) is 6.00. The average Bonchev–Trinajstić information content (AvgIpc) is 2.33. The number of nitrogens with zero attached hydrogens (tertiary/aromatic N) is 1. The minimum Gasteiger partial charge on any atom is -0.312 e. The van der Waals surface area contributed by atoms with E-state index in [1.54, 1.807) is 37.2 Å². The van der Waals surface area contributed by atoms with Crippen LogP contribution in [-0.2, 0) is 0 Å². The third-order valence-electron chi connectivity index (χ3n) is 2.90. The minimum atomic E-state index is -4.17. The summed E-state index contributed by atoms with van der Waals surface area (Å²) in [7, 11) is 3.26. The Morgan fingerprint density at radius 3 is 2.42 bits per heavy atom. The Bertz CT molecular complexity index is 392. The van der Waals surface area contributed by atoms with Gasteiger partial charge in [0, 0.05) is 24.7 Å². The fraction of sp³-hybridized carbons (Fsp3) is 0.538. The van der Waals surface area contributed by atoms with E-state index in [0.717, 1.165) is 0 Å². The molecule has 0 aliphatic carbocycles. The molecule has 0 radical (unpaired) electrons. The van der Waals surface area contributed by atoms with Crippen molar-refractivity contribution in [3.8, 4) is 0 Å². The molecule has 108 valence electrons. The summed E-state index contributed by atoms with van der Waals surface area (Å²) in [5.41, 5.74) is 0.462. The van der Waals surface area contributed by atoms with Crippen molar-refractivity contribution in [2.45, 2.75) is 18.6 Å². The fourth-order valence-electron chi connectivity index (χ4n) is 1.82. The topological polar surface area (TPSA) is 15.3 Å². The van der Waals surface area contributed by atoms with E-state index in [-0.39, 0.29) is 18.4 Å². The smallest absolute Gasteiger partial charge is 0.312 e. The van der Waals surface area contributed by atoms with Crippen molar-refractivity contribution in [2.75, 3.05) is 27.2 Å². The second kappa shape index (κ2) is 6.86. The Balaban J connectivity index is 2.60. The van der Waals surface area contributed by atoms with Gasteiger partial charge in [0.15, 0.2) is 0 Å². The van der Waals surface area contributed by atoms with Gasteiger partial charge in [0.05, 0.1) is 6.42 Å². The zero-order valence-corrected chi connectivity index (χ0v) is 11.0. The molecule has 1 N–H and O–H groups in total. The third kappa shape index (κ3) is 5.57. The first-order valence-electron chi connectivity index (χ1n) is 6.00. The minimum absolute atomic E-state index is 0.101. The number of rotatable bonds is 6. The zero-order chi connectivity index (χ0) is 14.5. The maximum atomic E-state index is 13.6. The molecule has 0 saturated carbocycles. The predicted molar refractivity (Wildman–Crippen MR) is 66.4 cm³/mol. The highest BCUT2D eigenvalue weighted by Gasteiger charge is 2.27. The number of hydrogen-bond donors (Lipinski definition) is 1. The van der Waals surface area contributed by atoms with Crippen LogP contribution in [0.25, 0.3) is 0 Å². The van der Waals surface area contributed by atoms with E-state index in [4.69, 9.17) is 0 Å². The first-order chi connectivity index (χ1) is 8.83. The lowest BCUT2D eigenvalue weighted by molar-refractivity contribution is -0.137. The van der Waals surface area contributed by atoms with Crippen molar-refractivity contribution in [3.05, 3.63) is 35.6 Å². The van der Waals surface area contributed by atoms with Gasteiger partial charge in [-0.15, -0.1) is 0 Å². The third-order valence-corrected chi connectivity index (χ3v) is 2.90. The normalized spacial score (nSPS) is 13.8. The van der Waals surface area contributed by atoms with E-state index in [1.807, 2.05) is 0 Å². The van der Waals surface area contributed by atoms with Crippen LogP contribution < -0.4 is 5.32 Å². The highest BCUT2D eigenvalue weighted by atomic mass is 19.4. The largest absolute Gasteiger partial charge is 0.390 e. The van der Waals surface area contributed by atoms with Crippen molar-refractivity contribution < 1.29 is 17.6 Å². The number of alkyl halides is 3. The fourth-order valence-corrected chi connectivity index (χ4v) is 1.82. The molecule has 0 aliphatic heterocycles.